The number of nitrogens with one attached hydrogen (secondary N) is 1. The highest BCUT2D eigenvalue weighted by Gasteiger charge is 2.50. The smallest absolute Gasteiger partial charge is 0.308 e. The number of carboxylic acid groups (broad SMARTS) is 1. The largest absolute Gasteiger partial charge is 0.481 e. The molecule has 0 aromatic carbocycles. The third kappa shape index (κ3) is 2.46. The molecule has 2 bridgehead atoms. The Morgan fingerprint density at radius 1 is 1.48 bits per heavy atom. The quantitative estimate of drug-likeness (QED) is 0.876. The van der Waals surface area contributed by atoms with Crippen molar-refractivity contribution in [2.24, 2.45) is 17.8 Å². The number of hydrogen-bond donors (Lipinski definition) is 2. The van der Waals surface area contributed by atoms with Crippen molar-refractivity contribution >= 4 is 17.6 Å². The highest BCUT2D eigenvalue weighted by molar-refractivity contribution is 6.31. The molecule has 5 nitrogen and oxygen atoms in total. The van der Waals surface area contributed by atoms with Crippen LogP contribution >= 0.6 is 11.6 Å². The first-order valence-corrected chi connectivity index (χ1v) is 8.08. The summed E-state index contributed by atoms with van der Waals surface area (Å²) in [6.07, 6.45) is 3.26. The summed E-state index contributed by atoms with van der Waals surface area (Å²) in [7, 11) is 0. The van der Waals surface area contributed by atoms with Crippen molar-refractivity contribution in [2.75, 3.05) is 0 Å². The second-order valence-electron chi connectivity index (χ2n) is 6.27. The Morgan fingerprint density at radius 3 is 2.86 bits per heavy atom. The maximum absolute atomic E-state index is 11.5. The number of carboxylic acids is 1. The van der Waals surface area contributed by atoms with Gasteiger partial charge in [0.2, 0.25) is 0 Å². The zero-order chi connectivity index (χ0) is 15.1. The molecule has 3 rings (SSSR count). The fraction of sp³-hybridized carbons (Fsp3) is 0.733. The normalized spacial score (nSPS) is 31.0. The van der Waals surface area contributed by atoms with E-state index in [1.54, 1.807) is 0 Å². The van der Waals surface area contributed by atoms with Crippen molar-refractivity contribution < 1.29 is 9.90 Å². The van der Waals surface area contributed by atoms with Gasteiger partial charge in [-0.2, -0.15) is 5.10 Å². The summed E-state index contributed by atoms with van der Waals surface area (Å²) in [4.78, 5) is 11.5. The van der Waals surface area contributed by atoms with E-state index in [1.807, 2.05) is 18.5 Å². The zero-order valence-electron chi connectivity index (χ0n) is 12.5. The van der Waals surface area contributed by atoms with Crippen LogP contribution in [-0.2, 0) is 17.9 Å². The number of nitrogens with zero attached hydrogens (tertiary/aromatic N) is 2. The second-order valence-corrected chi connectivity index (χ2v) is 6.64. The second kappa shape index (κ2) is 5.61. The number of fused-ring (bicyclic) bond motifs is 2. The zero-order valence-corrected chi connectivity index (χ0v) is 13.2. The van der Waals surface area contributed by atoms with E-state index in [-0.39, 0.29) is 12.0 Å². The predicted molar refractivity (Wildman–Crippen MR) is 80.2 cm³/mol. The maximum Gasteiger partial charge on any atom is 0.308 e. The Labute approximate surface area is 129 Å². The number of halogens is 1. The molecule has 4 unspecified atom stereocenters. The van der Waals surface area contributed by atoms with E-state index in [1.165, 1.54) is 0 Å². The molecule has 0 radical (unpaired) electrons. The minimum Gasteiger partial charge on any atom is -0.481 e. The van der Waals surface area contributed by atoms with Crippen molar-refractivity contribution in [1.82, 2.24) is 15.1 Å². The molecule has 2 aliphatic carbocycles. The molecule has 2 fully saturated rings. The molecule has 2 saturated carbocycles. The van der Waals surface area contributed by atoms with Crippen molar-refractivity contribution in [2.45, 2.75) is 52.2 Å². The van der Waals surface area contributed by atoms with E-state index in [9.17, 15) is 9.90 Å². The van der Waals surface area contributed by atoms with Crippen LogP contribution in [0.4, 0.5) is 0 Å². The Bertz CT molecular complexity index is 557. The summed E-state index contributed by atoms with van der Waals surface area (Å²) in [5.41, 5.74) is 1.79. The molecular weight excluding hydrogens is 290 g/mol. The van der Waals surface area contributed by atoms with Gasteiger partial charge < -0.3 is 10.4 Å². The first-order chi connectivity index (χ1) is 10.0. The van der Waals surface area contributed by atoms with E-state index in [0.717, 1.165) is 37.2 Å². The van der Waals surface area contributed by atoms with Crippen LogP contribution in [0.25, 0.3) is 0 Å². The van der Waals surface area contributed by atoms with Crippen LogP contribution in [0.5, 0.6) is 0 Å². The van der Waals surface area contributed by atoms with E-state index >= 15 is 0 Å². The van der Waals surface area contributed by atoms with Gasteiger partial charge in [-0.05, 0) is 44.9 Å². The van der Waals surface area contributed by atoms with Gasteiger partial charge in [0.15, 0.2) is 0 Å². The third-order valence-corrected chi connectivity index (χ3v) is 5.65. The number of aromatic nitrogens is 2. The predicted octanol–water partition coefficient (Wildman–Crippen LogP) is 2.45. The molecule has 1 aromatic heterocycles. The Kier molecular flexibility index (Phi) is 3.97. The minimum absolute atomic E-state index is 0.0674. The van der Waals surface area contributed by atoms with Crippen LogP contribution in [0.3, 0.4) is 0 Å². The van der Waals surface area contributed by atoms with E-state index in [2.05, 4.69) is 10.4 Å². The summed E-state index contributed by atoms with van der Waals surface area (Å²) in [5, 5.41) is 18.0. The summed E-state index contributed by atoms with van der Waals surface area (Å²) in [6, 6.07) is 0.0674. The molecule has 6 heteroatoms. The monoisotopic (exact) mass is 311 g/mol. The van der Waals surface area contributed by atoms with Crippen LogP contribution in [0, 0.1) is 24.7 Å². The van der Waals surface area contributed by atoms with Crippen LogP contribution in [0.2, 0.25) is 5.02 Å². The molecule has 0 aliphatic heterocycles. The van der Waals surface area contributed by atoms with Gasteiger partial charge in [0.25, 0.3) is 0 Å². The number of carbonyl (C=O) groups is 1. The highest BCUT2D eigenvalue weighted by Crippen LogP contribution is 2.48. The van der Waals surface area contributed by atoms with Gasteiger partial charge in [-0.25, -0.2) is 0 Å². The fourth-order valence-corrected chi connectivity index (χ4v) is 4.39. The minimum atomic E-state index is -0.661. The lowest BCUT2D eigenvalue weighted by Gasteiger charge is -2.29. The lowest BCUT2D eigenvalue weighted by molar-refractivity contribution is -0.144. The molecular formula is C15H22ClN3O2. The molecule has 0 amide bonds. The average Bonchev–Trinajstić information content (AvgIpc) is 3.11. The third-order valence-electron chi connectivity index (χ3n) is 5.16. The average molecular weight is 312 g/mol. The first kappa shape index (κ1) is 14.9. The first-order valence-electron chi connectivity index (χ1n) is 7.70. The van der Waals surface area contributed by atoms with Crippen molar-refractivity contribution in [3.63, 3.8) is 0 Å². The van der Waals surface area contributed by atoms with Crippen LogP contribution in [-0.4, -0.2) is 26.9 Å². The van der Waals surface area contributed by atoms with Crippen molar-refractivity contribution in [3.8, 4) is 0 Å². The van der Waals surface area contributed by atoms with Gasteiger partial charge in [-0.1, -0.05) is 11.6 Å². The Balaban J connectivity index is 1.74. The molecule has 0 saturated heterocycles. The maximum atomic E-state index is 11.5. The van der Waals surface area contributed by atoms with Crippen LogP contribution < -0.4 is 5.32 Å². The highest BCUT2D eigenvalue weighted by atomic mass is 35.5. The summed E-state index contributed by atoms with van der Waals surface area (Å²) < 4.78 is 1.90. The molecule has 116 valence electrons. The molecule has 21 heavy (non-hydrogen) atoms. The molecule has 0 spiro atoms. The molecule has 2 aliphatic rings. The van der Waals surface area contributed by atoms with Gasteiger partial charge >= 0.3 is 5.97 Å². The summed E-state index contributed by atoms with van der Waals surface area (Å²) in [5.74, 6) is -0.0696. The lowest BCUT2D eigenvalue weighted by atomic mass is 9.84. The van der Waals surface area contributed by atoms with Gasteiger partial charge in [0, 0.05) is 19.1 Å². The fourth-order valence-electron chi connectivity index (χ4n) is 4.19. The molecule has 1 aromatic rings. The lowest BCUT2D eigenvalue weighted by Crippen LogP contribution is -2.44. The summed E-state index contributed by atoms with van der Waals surface area (Å²) >= 11 is 6.32. The molecule has 2 N–H and O–H groups in total. The van der Waals surface area contributed by atoms with Gasteiger partial charge in [-0.3, -0.25) is 9.48 Å². The Hall–Kier alpha value is -1.07. The van der Waals surface area contributed by atoms with Crippen LogP contribution in [0.15, 0.2) is 0 Å². The number of aliphatic carboxylic acids is 1. The van der Waals surface area contributed by atoms with Gasteiger partial charge in [0.05, 0.1) is 22.3 Å². The van der Waals surface area contributed by atoms with Crippen molar-refractivity contribution in [3.05, 3.63) is 16.4 Å². The van der Waals surface area contributed by atoms with Gasteiger partial charge in [-0.15, -0.1) is 0 Å². The van der Waals surface area contributed by atoms with E-state index in [4.69, 9.17) is 11.6 Å². The number of rotatable bonds is 5. The standard InChI is InChI=1S/C15H22ClN3O2/c1-3-19-11(13(16)8(2)18-19)7-17-14-10-5-4-9(6-10)12(14)15(20)21/h9-10,12,14,17H,3-7H2,1-2H3,(H,20,21). The van der Waals surface area contributed by atoms with Crippen molar-refractivity contribution in [1.29, 1.82) is 0 Å². The topological polar surface area (TPSA) is 67.2 Å². The molecule has 4 atom stereocenters. The summed E-state index contributed by atoms with van der Waals surface area (Å²) in [6.45, 7) is 5.29. The number of hydrogen-bond acceptors (Lipinski definition) is 3. The van der Waals surface area contributed by atoms with Gasteiger partial charge in [0.1, 0.15) is 0 Å². The SMILES string of the molecule is CCn1nc(C)c(Cl)c1CNC1C2CCC(C2)C1C(=O)O. The Morgan fingerprint density at radius 2 is 2.19 bits per heavy atom. The molecule has 1 heterocycles. The van der Waals surface area contributed by atoms with Crippen LogP contribution in [0.1, 0.15) is 37.6 Å². The number of aryl methyl sites for hydroxylation is 2. The van der Waals surface area contributed by atoms with E-state index in [0.29, 0.717) is 23.4 Å². The van der Waals surface area contributed by atoms with E-state index < -0.39 is 5.97 Å².